The van der Waals surface area contributed by atoms with E-state index in [1.54, 1.807) is 36.2 Å². The number of benzene rings is 1. The van der Waals surface area contributed by atoms with Gasteiger partial charge in [0.15, 0.2) is 12.4 Å². The van der Waals surface area contributed by atoms with E-state index in [-0.39, 0.29) is 24.2 Å². The minimum absolute atomic E-state index is 0.111. The molecule has 1 saturated heterocycles. The Labute approximate surface area is 175 Å². The number of carbonyl (C=O) groups excluding carboxylic acids is 3. The monoisotopic (exact) mass is 408 g/mol. The highest BCUT2D eigenvalue weighted by atomic mass is 16.5. The van der Waals surface area contributed by atoms with Crippen LogP contribution in [0, 0.1) is 0 Å². The molecule has 1 aromatic carbocycles. The van der Waals surface area contributed by atoms with Crippen molar-refractivity contribution in [1.82, 2.24) is 9.88 Å². The van der Waals surface area contributed by atoms with Crippen LogP contribution in [0.25, 0.3) is 0 Å². The van der Waals surface area contributed by atoms with Crippen molar-refractivity contribution in [2.75, 3.05) is 42.6 Å². The number of piperazine rings is 1. The highest BCUT2D eigenvalue weighted by molar-refractivity contribution is 6.05. The number of anilines is 2. The Balaban J connectivity index is 1.50. The first-order chi connectivity index (χ1) is 14.5. The van der Waals surface area contributed by atoms with Crippen molar-refractivity contribution in [3.05, 3.63) is 48.2 Å². The molecule has 2 aliphatic heterocycles. The average Bonchev–Trinajstić information content (AvgIpc) is 2.78. The number of amides is 2. The third-order valence-corrected chi connectivity index (χ3v) is 5.55. The van der Waals surface area contributed by atoms with Crippen LogP contribution in [0.15, 0.2) is 42.6 Å². The second-order valence-corrected chi connectivity index (χ2v) is 7.47. The predicted molar refractivity (Wildman–Crippen MR) is 112 cm³/mol. The number of fused-ring (bicyclic) bond motifs is 1. The van der Waals surface area contributed by atoms with E-state index in [0.717, 1.165) is 5.82 Å². The highest BCUT2D eigenvalue weighted by Gasteiger charge is 2.36. The molecule has 1 fully saturated rings. The molecule has 2 aliphatic rings. The van der Waals surface area contributed by atoms with E-state index >= 15 is 0 Å². The quantitative estimate of drug-likeness (QED) is 0.717. The normalized spacial score (nSPS) is 17.3. The zero-order valence-corrected chi connectivity index (χ0v) is 17.1. The van der Waals surface area contributed by atoms with Gasteiger partial charge in [-0.05, 0) is 44.2 Å². The van der Waals surface area contributed by atoms with Gasteiger partial charge >= 0.3 is 0 Å². The summed E-state index contributed by atoms with van der Waals surface area (Å²) in [5.41, 5.74) is 0.938. The van der Waals surface area contributed by atoms with Crippen LogP contribution >= 0.6 is 0 Å². The number of pyridine rings is 1. The molecule has 30 heavy (non-hydrogen) atoms. The Hall–Kier alpha value is -3.42. The summed E-state index contributed by atoms with van der Waals surface area (Å²) >= 11 is 0. The molecule has 1 atom stereocenters. The van der Waals surface area contributed by atoms with Crippen LogP contribution in [0.3, 0.4) is 0 Å². The molecule has 2 aromatic rings. The molecule has 0 aliphatic carbocycles. The molecule has 0 N–H and O–H groups in total. The molecular weight excluding hydrogens is 384 g/mol. The SMILES string of the molecule is CC(=O)c1ccc2c(c1)N(C(C)C(=O)N1CCN(c3ccccn3)CC1)C(=O)CO2. The van der Waals surface area contributed by atoms with Crippen LogP contribution < -0.4 is 14.5 Å². The van der Waals surface area contributed by atoms with Crippen LogP contribution in [0.4, 0.5) is 11.5 Å². The van der Waals surface area contributed by atoms with Crippen molar-refractivity contribution in [2.45, 2.75) is 19.9 Å². The van der Waals surface area contributed by atoms with Gasteiger partial charge in [0.25, 0.3) is 5.91 Å². The van der Waals surface area contributed by atoms with Crippen molar-refractivity contribution < 1.29 is 19.1 Å². The molecule has 0 spiro atoms. The number of hydrogen-bond acceptors (Lipinski definition) is 6. The maximum Gasteiger partial charge on any atom is 0.265 e. The Morgan fingerprint density at radius 1 is 1.10 bits per heavy atom. The standard InChI is InChI=1S/C22H24N4O4/c1-15(22(29)25-11-9-24(10-12-25)20-5-3-4-8-23-20)26-18-13-17(16(2)27)6-7-19(18)30-14-21(26)28/h3-8,13,15H,9-12,14H2,1-2H3. The first-order valence-electron chi connectivity index (χ1n) is 10.0. The van der Waals surface area contributed by atoms with Crippen LogP contribution in [-0.4, -0.2) is 66.3 Å². The van der Waals surface area contributed by atoms with E-state index in [2.05, 4.69) is 9.88 Å². The number of aromatic nitrogens is 1. The second-order valence-electron chi connectivity index (χ2n) is 7.47. The first-order valence-corrected chi connectivity index (χ1v) is 10.0. The van der Waals surface area contributed by atoms with Gasteiger partial charge in [0.05, 0.1) is 5.69 Å². The molecule has 8 nitrogen and oxygen atoms in total. The lowest BCUT2D eigenvalue weighted by Gasteiger charge is -2.39. The fraction of sp³-hybridized carbons (Fsp3) is 0.364. The van der Waals surface area contributed by atoms with Gasteiger partial charge in [0.1, 0.15) is 17.6 Å². The summed E-state index contributed by atoms with van der Waals surface area (Å²) in [7, 11) is 0. The van der Waals surface area contributed by atoms with Crippen molar-refractivity contribution in [2.24, 2.45) is 0 Å². The van der Waals surface area contributed by atoms with Gasteiger partial charge in [-0.15, -0.1) is 0 Å². The van der Waals surface area contributed by atoms with Crippen LogP contribution in [0.2, 0.25) is 0 Å². The Morgan fingerprint density at radius 3 is 2.53 bits per heavy atom. The Morgan fingerprint density at radius 2 is 1.87 bits per heavy atom. The number of ether oxygens (including phenoxy) is 1. The topological polar surface area (TPSA) is 83.1 Å². The maximum absolute atomic E-state index is 13.2. The molecule has 1 aromatic heterocycles. The number of Topliss-reactive ketones (excluding diaryl/α,β-unsaturated/α-hetero) is 1. The molecule has 3 heterocycles. The molecule has 0 saturated carbocycles. The molecule has 8 heteroatoms. The summed E-state index contributed by atoms with van der Waals surface area (Å²) in [4.78, 5) is 47.4. The third-order valence-electron chi connectivity index (χ3n) is 5.55. The molecule has 4 rings (SSSR count). The summed E-state index contributed by atoms with van der Waals surface area (Å²) in [6, 6.07) is 10.0. The van der Waals surface area contributed by atoms with E-state index in [4.69, 9.17) is 4.74 Å². The maximum atomic E-state index is 13.2. The van der Waals surface area contributed by atoms with Crippen LogP contribution in [0.5, 0.6) is 5.75 Å². The molecular formula is C22H24N4O4. The molecule has 2 amide bonds. The van der Waals surface area contributed by atoms with Gasteiger partial charge in [-0.3, -0.25) is 19.3 Å². The summed E-state index contributed by atoms with van der Waals surface area (Å²) < 4.78 is 5.50. The van der Waals surface area contributed by atoms with E-state index < -0.39 is 6.04 Å². The smallest absolute Gasteiger partial charge is 0.265 e. The summed E-state index contributed by atoms with van der Waals surface area (Å²) in [5.74, 6) is 0.868. The van der Waals surface area contributed by atoms with Gasteiger partial charge < -0.3 is 14.5 Å². The fourth-order valence-corrected chi connectivity index (χ4v) is 3.89. The zero-order chi connectivity index (χ0) is 21.3. The molecule has 0 radical (unpaired) electrons. The van der Waals surface area contributed by atoms with Crippen LogP contribution in [0.1, 0.15) is 24.2 Å². The van der Waals surface area contributed by atoms with Crippen LogP contribution in [-0.2, 0) is 9.59 Å². The summed E-state index contributed by atoms with van der Waals surface area (Å²) in [6.07, 6.45) is 1.76. The Kier molecular flexibility index (Phi) is 5.39. The average molecular weight is 408 g/mol. The van der Waals surface area contributed by atoms with Crippen molar-refractivity contribution in [3.63, 3.8) is 0 Å². The summed E-state index contributed by atoms with van der Waals surface area (Å²) in [6.45, 7) is 5.53. The van der Waals surface area contributed by atoms with E-state index in [1.807, 2.05) is 18.2 Å². The summed E-state index contributed by atoms with van der Waals surface area (Å²) in [5, 5.41) is 0. The van der Waals surface area contributed by atoms with E-state index in [9.17, 15) is 14.4 Å². The largest absolute Gasteiger partial charge is 0.482 e. The fourth-order valence-electron chi connectivity index (χ4n) is 3.89. The Bertz CT molecular complexity index is 970. The van der Waals surface area contributed by atoms with Gasteiger partial charge in [-0.1, -0.05) is 6.07 Å². The lowest BCUT2D eigenvalue weighted by atomic mass is 10.1. The second kappa shape index (κ2) is 8.14. The first kappa shape index (κ1) is 19.9. The van der Waals surface area contributed by atoms with E-state index in [1.165, 1.54) is 11.8 Å². The molecule has 0 bridgehead atoms. The number of hydrogen-bond donors (Lipinski definition) is 0. The lowest BCUT2D eigenvalue weighted by molar-refractivity contribution is -0.135. The highest BCUT2D eigenvalue weighted by Crippen LogP contribution is 2.35. The zero-order valence-electron chi connectivity index (χ0n) is 17.1. The van der Waals surface area contributed by atoms with Gasteiger partial charge in [0, 0.05) is 37.9 Å². The molecule has 156 valence electrons. The number of carbonyl (C=O) groups is 3. The third kappa shape index (κ3) is 3.72. The number of nitrogens with zero attached hydrogens (tertiary/aromatic N) is 4. The number of rotatable bonds is 4. The lowest BCUT2D eigenvalue weighted by Crippen LogP contribution is -2.56. The van der Waals surface area contributed by atoms with Crippen molar-refractivity contribution in [3.8, 4) is 5.75 Å². The van der Waals surface area contributed by atoms with Crippen molar-refractivity contribution >= 4 is 29.1 Å². The van der Waals surface area contributed by atoms with E-state index in [0.29, 0.717) is 43.2 Å². The van der Waals surface area contributed by atoms with Gasteiger partial charge in [-0.25, -0.2) is 4.98 Å². The van der Waals surface area contributed by atoms with Crippen molar-refractivity contribution in [1.29, 1.82) is 0 Å². The van der Waals surface area contributed by atoms with Gasteiger partial charge in [-0.2, -0.15) is 0 Å². The minimum Gasteiger partial charge on any atom is -0.482 e. The number of ketones is 1. The minimum atomic E-state index is -0.691. The van der Waals surface area contributed by atoms with Gasteiger partial charge in [0.2, 0.25) is 5.91 Å². The molecule has 1 unspecified atom stereocenters. The predicted octanol–water partition coefficient (Wildman–Crippen LogP) is 1.75.